The van der Waals surface area contributed by atoms with Gasteiger partial charge in [-0.1, -0.05) is 101 Å². The van der Waals surface area contributed by atoms with Crippen LogP contribution >= 0.6 is 0 Å². The molecule has 76 heavy (non-hydrogen) atoms. The first kappa shape index (κ1) is 64.3. The molecule has 0 heterocycles. The molecule has 0 unspecified atom stereocenters. The molecule has 2 N–H and O–H groups in total. The summed E-state index contributed by atoms with van der Waals surface area (Å²) in [5, 5.41) is 43.0. The zero-order chi connectivity index (χ0) is 53.6. The van der Waals surface area contributed by atoms with Gasteiger partial charge in [0, 0.05) is 47.2 Å². The summed E-state index contributed by atoms with van der Waals surface area (Å²) in [6.45, 7) is 12.7. The number of Topliss-reactive ketones (excluding diaryl/α,β-unsaturated/α-hetero) is 2. The van der Waals surface area contributed by atoms with Gasteiger partial charge in [-0.25, -0.2) is 0 Å². The smallest absolute Gasteiger partial charge is 0.545 e. The van der Waals surface area contributed by atoms with Crippen LogP contribution in [0.2, 0.25) is 0 Å². The molecule has 0 atom stereocenters. The predicted octanol–water partition coefficient (Wildman–Crippen LogP) is 3.81. The Labute approximate surface area is 490 Å². The quantitative estimate of drug-likeness (QED) is 0.0407. The molecule has 0 aliphatic carbocycles. The molecular weight excluding hydrogens is 991 g/mol. The van der Waals surface area contributed by atoms with Crippen molar-refractivity contribution in [1.29, 1.82) is 0 Å². The number of ketones is 2. The number of hydrogen-bond donors (Lipinski definition) is 2. The van der Waals surface area contributed by atoms with Crippen molar-refractivity contribution in [1.82, 2.24) is 0 Å². The van der Waals surface area contributed by atoms with E-state index in [0.29, 0.717) is 109 Å². The molecule has 0 amide bonds. The van der Waals surface area contributed by atoms with E-state index in [-0.39, 0.29) is 107 Å². The predicted molar refractivity (Wildman–Crippen MR) is 277 cm³/mol. The van der Waals surface area contributed by atoms with Gasteiger partial charge in [0.15, 0.2) is 11.6 Å². The van der Waals surface area contributed by atoms with Crippen LogP contribution < -0.4 is 97.7 Å². The number of phenolic OH excluding ortho intramolecular Hbond substituents is 2. The van der Waals surface area contributed by atoms with Gasteiger partial charge in [-0.3, -0.25) is 9.59 Å². The molecule has 0 aromatic heterocycles. The number of hydrogen-bond acceptors (Lipinski definition) is 14. The van der Waals surface area contributed by atoms with E-state index in [9.17, 15) is 39.6 Å². The monoisotopic (exact) mass is 1060 g/mol. The van der Waals surface area contributed by atoms with E-state index < -0.39 is 11.9 Å². The van der Waals surface area contributed by atoms with Crippen LogP contribution in [0.3, 0.4) is 0 Å². The Hall–Kier alpha value is -6.00. The van der Waals surface area contributed by atoms with E-state index in [1.807, 2.05) is 50.2 Å². The van der Waals surface area contributed by atoms with Crippen LogP contribution in [0.15, 0.2) is 109 Å². The Bertz CT molecular complexity index is 2670. The molecule has 0 aliphatic heterocycles. The Morgan fingerprint density at radius 1 is 0.421 bits per heavy atom. The van der Waals surface area contributed by atoms with E-state index >= 15 is 0 Å². The third kappa shape index (κ3) is 18.6. The third-order valence-electron chi connectivity index (χ3n) is 11.9. The maximum Gasteiger partial charge on any atom is 1.00 e. The molecular formula is C60H66Na2O14. The zero-order valence-electron chi connectivity index (χ0n) is 45.1. The van der Waals surface area contributed by atoms with Crippen molar-refractivity contribution in [2.75, 3.05) is 26.4 Å². The zero-order valence-corrected chi connectivity index (χ0v) is 49.1. The number of aromatic carboxylic acids is 2. The van der Waals surface area contributed by atoms with Crippen molar-refractivity contribution in [2.24, 2.45) is 0 Å². The molecule has 0 saturated carbocycles. The fourth-order valence-electron chi connectivity index (χ4n) is 8.09. The Balaban J connectivity index is 0.000000390. The Morgan fingerprint density at radius 3 is 1.07 bits per heavy atom. The number of carboxylic acid groups (broad SMARTS) is 2. The first-order valence-corrected chi connectivity index (χ1v) is 25.0. The van der Waals surface area contributed by atoms with Gasteiger partial charge in [-0.05, 0) is 98.2 Å². The van der Waals surface area contributed by atoms with Gasteiger partial charge in [0.05, 0.1) is 49.5 Å². The maximum absolute atomic E-state index is 11.7. The van der Waals surface area contributed by atoms with Gasteiger partial charge in [0.25, 0.3) is 0 Å². The van der Waals surface area contributed by atoms with E-state index in [0.717, 1.165) is 47.9 Å². The molecule has 6 rings (SSSR count). The van der Waals surface area contributed by atoms with Crippen LogP contribution in [0.5, 0.6) is 46.0 Å². The van der Waals surface area contributed by atoms with Crippen LogP contribution in [-0.4, -0.2) is 60.1 Å². The van der Waals surface area contributed by atoms with Crippen molar-refractivity contribution in [3.05, 3.63) is 165 Å². The fourth-order valence-corrected chi connectivity index (χ4v) is 8.09. The average Bonchev–Trinajstić information content (AvgIpc) is 3.38. The number of ether oxygens (including phenoxy) is 6. The summed E-state index contributed by atoms with van der Waals surface area (Å²) in [7, 11) is 0. The summed E-state index contributed by atoms with van der Waals surface area (Å²) < 4.78 is 35.9. The topological polar surface area (TPSA) is 210 Å². The molecule has 0 saturated heterocycles. The molecule has 6 aromatic carbocycles. The molecule has 0 aliphatic rings. The maximum atomic E-state index is 11.7. The Kier molecular flexibility index (Phi) is 28.1. The first-order chi connectivity index (χ1) is 35.7. The second kappa shape index (κ2) is 33.2. The minimum Gasteiger partial charge on any atom is -0.545 e. The minimum atomic E-state index is -1.23. The van der Waals surface area contributed by atoms with E-state index in [1.165, 1.54) is 38.1 Å². The second-order valence-corrected chi connectivity index (χ2v) is 17.3. The van der Waals surface area contributed by atoms with Crippen molar-refractivity contribution in [3.63, 3.8) is 0 Å². The van der Waals surface area contributed by atoms with Gasteiger partial charge in [0.2, 0.25) is 0 Å². The van der Waals surface area contributed by atoms with Gasteiger partial charge in [0.1, 0.15) is 59.2 Å². The fraction of sp³-hybridized carbons (Fsp3) is 0.333. The summed E-state index contributed by atoms with van der Waals surface area (Å²) >= 11 is 0. The molecule has 14 nitrogen and oxygen atoms in total. The molecule has 0 fully saturated rings. The third-order valence-corrected chi connectivity index (χ3v) is 11.9. The van der Waals surface area contributed by atoms with Gasteiger partial charge < -0.3 is 58.4 Å². The number of benzene rings is 6. The number of aryl methyl sites for hydroxylation is 2. The molecule has 0 radical (unpaired) electrons. The first-order valence-electron chi connectivity index (χ1n) is 25.0. The molecule has 0 spiro atoms. The number of carbonyl (C=O) groups excluding carboxylic acids is 4. The Morgan fingerprint density at radius 2 is 0.750 bits per heavy atom. The average molecular weight is 1060 g/mol. The van der Waals surface area contributed by atoms with Crippen molar-refractivity contribution in [3.8, 4) is 46.0 Å². The number of carboxylic acids is 2. The van der Waals surface area contributed by atoms with Crippen molar-refractivity contribution >= 4 is 23.5 Å². The van der Waals surface area contributed by atoms with E-state index in [1.54, 1.807) is 48.5 Å². The normalized spacial score (nSPS) is 10.4. The van der Waals surface area contributed by atoms with E-state index in [2.05, 4.69) is 13.8 Å². The van der Waals surface area contributed by atoms with Crippen LogP contribution in [0.4, 0.5) is 0 Å². The summed E-state index contributed by atoms with van der Waals surface area (Å²) in [6.07, 6.45) is 5.81. The number of aromatic hydroxyl groups is 2. The minimum absolute atomic E-state index is 0. The number of phenols is 2. The molecule has 0 bridgehead atoms. The number of rotatable bonds is 28. The van der Waals surface area contributed by atoms with Gasteiger partial charge in [-0.15, -0.1) is 0 Å². The standard InChI is InChI=1S/2C30H34O7.2Na/c2*1-4-10-24-27(13-8-14-28(24)37-19-22-11-6-7-12-23(22)30(33)34)35-15-9-16-36-29-18-26(32)25(20(3)31)17-21(29)5-2;;/h2*6-8,11-14,17-18,32H,4-5,9-10,15-16,19H2,1-3H3,(H,33,34);;/q;;2*+1/p-2. The molecule has 392 valence electrons. The molecule has 16 heteroatoms. The summed E-state index contributed by atoms with van der Waals surface area (Å²) in [4.78, 5) is 46.1. The van der Waals surface area contributed by atoms with Crippen LogP contribution in [0.1, 0.15) is 142 Å². The van der Waals surface area contributed by atoms with E-state index in [4.69, 9.17) is 28.4 Å². The summed E-state index contributed by atoms with van der Waals surface area (Å²) in [6, 6.07) is 30.8. The summed E-state index contributed by atoms with van der Waals surface area (Å²) in [5.74, 6) is 0.830. The van der Waals surface area contributed by atoms with Crippen LogP contribution in [-0.2, 0) is 38.9 Å². The largest absolute Gasteiger partial charge is 1.00 e. The van der Waals surface area contributed by atoms with Gasteiger partial charge in [-0.2, -0.15) is 0 Å². The van der Waals surface area contributed by atoms with Gasteiger partial charge >= 0.3 is 59.1 Å². The SMILES string of the molecule is CCCc1c(OCCCOc2cc(O)c(C(C)=O)cc2CC)cccc1OCc1ccccc1C(=O)[O-].CCCc1c(OCCCOc2cc(O)c(C(C)=O)cc2CC)cccc1OCc1ccccc1C(=O)[O-].[Na+].[Na+]. The van der Waals surface area contributed by atoms with Crippen LogP contribution in [0, 0.1) is 0 Å². The number of carbonyl (C=O) groups is 4. The summed E-state index contributed by atoms with van der Waals surface area (Å²) in [5.41, 5.74) is 5.47. The second-order valence-electron chi connectivity index (χ2n) is 17.3. The van der Waals surface area contributed by atoms with Crippen molar-refractivity contribution in [2.45, 2.75) is 106 Å². The van der Waals surface area contributed by atoms with Crippen LogP contribution in [0.25, 0.3) is 0 Å². The molecule has 6 aromatic rings. The van der Waals surface area contributed by atoms with Crippen molar-refractivity contribution < 1.29 is 127 Å².